The average molecular weight is 569 g/mol. The highest BCUT2D eigenvalue weighted by Gasteiger charge is 2.08. The van der Waals surface area contributed by atoms with E-state index in [0.29, 0.717) is 0 Å². The Kier molecular flexibility index (Phi) is 10.8. The highest BCUT2D eigenvalue weighted by molar-refractivity contribution is 6.07. The second kappa shape index (κ2) is 14.9. The van der Waals surface area contributed by atoms with E-state index < -0.39 is 0 Å². The molecular formula is C39H44N4. The first-order chi connectivity index (χ1) is 20.8. The average Bonchev–Trinajstić information content (AvgIpc) is 3.02. The molecule has 0 saturated carbocycles. The SMILES string of the molecule is CCN=C1C=CC(=C(C=CC=CC=C(c2ccc(N(C)C)cc2)c2ccc(N(C)C)cc2)c2ccc(N(C)C)cc2)C=C1. The molecule has 1 aliphatic rings. The van der Waals surface area contributed by atoms with Gasteiger partial charge in [-0.15, -0.1) is 0 Å². The van der Waals surface area contributed by atoms with E-state index in [1.54, 1.807) is 0 Å². The number of anilines is 3. The fourth-order valence-electron chi connectivity index (χ4n) is 4.83. The van der Waals surface area contributed by atoms with Gasteiger partial charge in [-0.1, -0.05) is 78.9 Å². The van der Waals surface area contributed by atoms with Crippen molar-refractivity contribution in [2.75, 3.05) is 63.5 Å². The van der Waals surface area contributed by atoms with Crippen molar-refractivity contribution in [1.82, 2.24) is 0 Å². The molecule has 0 spiro atoms. The van der Waals surface area contributed by atoms with Gasteiger partial charge in [-0.25, -0.2) is 0 Å². The largest absolute Gasteiger partial charge is 0.378 e. The molecule has 0 atom stereocenters. The van der Waals surface area contributed by atoms with Crippen molar-refractivity contribution < 1.29 is 0 Å². The number of rotatable bonds is 10. The van der Waals surface area contributed by atoms with Crippen LogP contribution in [0, 0.1) is 0 Å². The Bertz CT molecular complexity index is 1500. The molecule has 220 valence electrons. The quantitative estimate of drug-likeness (QED) is 0.229. The van der Waals surface area contributed by atoms with Crippen LogP contribution in [0.5, 0.6) is 0 Å². The van der Waals surface area contributed by atoms with Crippen LogP contribution >= 0.6 is 0 Å². The van der Waals surface area contributed by atoms with Gasteiger partial charge in [0.25, 0.3) is 0 Å². The van der Waals surface area contributed by atoms with Gasteiger partial charge in [-0.2, -0.15) is 0 Å². The smallest absolute Gasteiger partial charge is 0.0574 e. The summed E-state index contributed by atoms with van der Waals surface area (Å²) in [5.74, 6) is 0. The van der Waals surface area contributed by atoms with Crippen molar-refractivity contribution in [1.29, 1.82) is 0 Å². The maximum absolute atomic E-state index is 4.54. The van der Waals surface area contributed by atoms with Gasteiger partial charge in [0.1, 0.15) is 0 Å². The van der Waals surface area contributed by atoms with E-state index >= 15 is 0 Å². The molecule has 4 rings (SSSR count). The summed E-state index contributed by atoms with van der Waals surface area (Å²) >= 11 is 0. The standard InChI is InChI=1S/C39H44N4/c1-8-40-34-22-14-30(15-23-34)38(31-16-24-35(25-17-31)41(2)3)12-10-9-11-13-39(32-18-26-36(27-19-32)42(4)5)33-20-28-37(29-21-33)43(6)7/h9-29H,8H2,1-7H3. The molecule has 3 aromatic rings. The molecule has 0 heterocycles. The predicted molar refractivity (Wildman–Crippen MR) is 191 cm³/mol. The van der Waals surface area contributed by atoms with Gasteiger partial charge in [0.15, 0.2) is 0 Å². The predicted octanol–water partition coefficient (Wildman–Crippen LogP) is 8.47. The summed E-state index contributed by atoms with van der Waals surface area (Å²) in [6.07, 6.45) is 19.3. The van der Waals surface area contributed by atoms with Gasteiger partial charge in [0.2, 0.25) is 0 Å². The highest BCUT2D eigenvalue weighted by Crippen LogP contribution is 2.28. The zero-order valence-electron chi connectivity index (χ0n) is 26.6. The molecule has 0 N–H and O–H groups in total. The van der Waals surface area contributed by atoms with E-state index in [1.807, 2.05) is 0 Å². The third-order valence-electron chi connectivity index (χ3n) is 7.35. The highest BCUT2D eigenvalue weighted by atomic mass is 15.1. The van der Waals surface area contributed by atoms with E-state index in [1.165, 1.54) is 44.9 Å². The molecule has 1 aliphatic carbocycles. The first kappa shape index (κ1) is 31.1. The number of benzene rings is 3. The first-order valence-corrected chi connectivity index (χ1v) is 14.8. The molecule has 0 unspecified atom stereocenters. The molecule has 0 radical (unpaired) electrons. The van der Waals surface area contributed by atoms with Crippen LogP contribution in [0.25, 0.3) is 11.1 Å². The molecule has 3 aromatic carbocycles. The lowest BCUT2D eigenvalue weighted by Gasteiger charge is -2.16. The monoisotopic (exact) mass is 568 g/mol. The molecule has 0 amide bonds. The van der Waals surface area contributed by atoms with Gasteiger partial charge < -0.3 is 14.7 Å². The van der Waals surface area contributed by atoms with E-state index in [2.05, 4.69) is 196 Å². The fourth-order valence-corrected chi connectivity index (χ4v) is 4.83. The molecule has 4 heteroatoms. The van der Waals surface area contributed by atoms with Crippen molar-refractivity contribution in [2.24, 2.45) is 4.99 Å². The minimum Gasteiger partial charge on any atom is -0.378 e. The Morgan fingerprint density at radius 1 is 0.558 bits per heavy atom. The van der Waals surface area contributed by atoms with E-state index in [4.69, 9.17) is 0 Å². The zero-order chi connectivity index (χ0) is 30.8. The zero-order valence-corrected chi connectivity index (χ0v) is 26.6. The molecule has 43 heavy (non-hydrogen) atoms. The van der Waals surface area contributed by atoms with Crippen LogP contribution in [-0.4, -0.2) is 54.5 Å². The Morgan fingerprint density at radius 2 is 1.00 bits per heavy atom. The van der Waals surface area contributed by atoms with Crippen LogP contribution in [0.1, 0.15) is 23.6 Å². The van der Waals surface area contributed by atoms with Crippen LogP contribution in [-0.2, 0) is 0 Å². The van der Waals surface area contributed by atoms with Gasteiger partial charge >= 0.3 is 0 Å². The van der Waals surface area contributed by atoms with Crippen molar-refractivity contribution in [2.45, 2.75) is 6.92 Å². The van der Waals surface area contributed by atoms with Gasteiger partial charge in [-0.05, 0) is 88.9 Å². The normalized spacial score (nSPS) is 12.6. The number of aliphatic imine (C=N–C) groups is 1. The van der Waals surface area contributed by atoms with Gasteiger partial charge in [-0.3, -0.25) is 4.99 Å². The molecule has 0 bridgehead atoms. The van der Waals surface area contributed by atoms with Crippen LogP contribution in [0.3, 0.4) is 0 Å². The fraction of sp³-hybridized carbons (Fsp3) is 0.205. The van der Waals surface area contributed by atoms with Crippen molar-refractivity contribution in [3.05, 3.63) is 150 Å². The molecule has 4 nitrogen and oxygen atoms in total. The Hall–Kier alpha value is -4.83. The molecule has 0 aliphatic heterocycles. The maximum Gasteiger partial charge on any atom is 0.0574 e. The van der Waals surface area contributed by atoms with E-state index in [0.717, 1.165) is 17.8 Å². The Balaban J connectivity index is 1.67. The molecule has 0 aromatic heterocycles. The summed E-state index contributed by atoms with van der Waals surface area (Å²) in [4.78, 5) is 10.9. The van der Waals surface area contributed by atoms with Crippen molar-refractivity contribution in [3.8, 4) is 0 Å². The van der Waals surface area contributed by atoms with E-state index in [-0.39, 0.29) is 0 Å². The maximum atomic E-state index is 4.54. The summed E-state index contributed by atoms with van der Waals surface area (Å²) in [5.41, 5.74) is 11.6. The van der Waals surface area contributed by atoms with Crippen LogP contribution in [0.2, 0.25) is 0 Å². The minimum absolute atomic E-state index is 0.779. The number of hydrogen-bond acceptors (Lipinski definition) is 4. The topological polar surface area (TPSA) is 22.1 Å². The van der Waals surface area contributed by atoms with Crippen LogP contribution < -0.4 is 14.7 Å². The number of nitrogens with zero attached hydrogens (tertiary/aromatic N) is 4. The Labute approximate surface area is 258 Å². The molecule has 0 saturated heterocycles. The van der Waals surface area contributed by atoms with Gasteiger partial charge in [0.05, 0.1) is 5.71 Å². The first-order valence-electron chi connectivity index (χ1n) is 14.8. The summed E-state index contributed by atoms with van der Waals surface area (Å²) in [7, 11) is 12.4. The van der Waals surface area contributed by atoms with E-state index in [9.17, 15) is 0 Å². The summed E-state index contributed by atoms with van der Waals surface area (Å²) in [6.45, 7) is 2.84. The van der Waals surface area contributed by atoms with Crippen molar-refractivity contribution >= 4 is 33.9 Å². The second-order valence-corrected chi connectivity index (χ2v) is 11.1. The van der Waals surface area contributed by atoms with Crippen LogP contribution in [0.4, 0.5) is 17.1 Å². The third-order valence-corrected chi connectivity index (χ3v) is 7.35. The minimum atomic E-state index is 0.779. The second-order valence-electron chi connectivity index (χ2n) is 11.1. The van der Waals surface area contributed by atoms with Gasteiger partial charge in [0, 0.05) is 65.9 Å². The lowest BCUT2D eigenvalue weighted by Crippen LogP contribution is -2.08. The number of allylic oxidation sites excluding steroid dienone is 11. The van der Waals surface area contributed by atoms with Crippen molar-refractivity contribution in [3.63, 3.8) is 0 Å². The summed E-state index contributed by atoms with van der Waals surface area (Å²) in [6, 6.07) is 26.2. The number of hydrogen-bond donors (Lipinski definition) is 0. The molecular weight excluding hydrogens is 524 g/mol. The lowest BCUT2D eigenvalue weighted by atomic mass is 9.95. The Morgan fingerprint density at radius 3 is 1.42 bits per heavy atom. The summed E-state index contributed by atoms with van der Waals surface area (Å²) in [5, 5.41) is 0. The summed E-state index contributed by atoms with van der Waals surface area (Å²) < 4.78 is 0. The lowest BCUT2D eigenvalue weighted by molar-refractivity contribution is 1.13. The van der Waals surface area contributed by atoms with Crippen LogP contribution in [0.15, 0.2) is 138 Å². The third kappa shape index (κ3) is 8.36. The molecule has 0 fully saturated rings.